The Morgan fingerprint density at radius 3 is 2.58 bits per heavy atom. The van der Waals surface area contributed by atoms with Crippen molar-refractivity contribution in [3.63, 3.8) is 0 Å². The molecular formula is C22H22N6OS2. The third-order valence-corrected chi connectivity index (χ3v) is 6.54. The van der Waals surface area contributed by atoms with Crippen LogP contribution in [0.4, 0.5) is 5.69 Å². The monoisotopic (exact) mass is 450 g/mol. The average molecular weight is 451 g/mol. The molecule has 0 spiro atoms. The van der Waals surface area contributed by atoms with Crippen molar-refractivity contribution in [2.45, 2.75) is 38.1 Å². The lowest BCUT2D eigenvalue weighted by Crippen LogP contribution is -2.14. The number of tetrazole rings is 1. The Bertz CT molecular complexity index is 1180. The van der Waals surface area contributed by atoms with Gasteiger partial charge in [0, 0.05) is 16.8 Å². The number of anilines is 1. The molecule has 0 aliphatic heterocycles. The highest BCUT2D eigenvalue weighted by Gasteiger charge is 2.15. The summed E-state index contributed by atoms with van der Waals surface area (Å²) in [6, 6.07) is 13.9. The number of thiazole rings is 1. The molecule has 0 saturated heterocycles. The molecule has 1 amide bonds. The van der Waals surface area contributed by atoms with Gasteiger partial charge in [0.1, 0.15) is 5.01 Å². The highest BCUT2D eigenvalue weighted by molar-refractivity contribution is 7.98. The van der Waals surface area contributed by atoms with Crippen LogP contribution in [0, 0.1) is 20.8 Å². The van der Waals surface area contributed by atoms with E-state index in [1.807, 2.05) is 68.6 Å². The minimum absolute atomic E-state index is 0.0728. The Balaban J connectivity index is 1.38. The molecule has 0 radical (unpaired) electrons. The first kappa shape index (κ1) is 21.2. The maximum atomic E-state index is 12.3. The lowest BCUT2D eigenvalue weighted by molar-refractivity contribution is -0.115. The number of aryl methyl sites for hydroxylation is 3. The van der Waals surface area contributed by atoms with Gasteiger partial charge in [0.2, 0.25) is 11.1 Å². The van der Waals surface area contributed by atoms with Crippen LogP contribution in [0.1, 0.15) is 27.4 Å². The van der Waals surface area contributed by atoms with E-state index in [1.165, 1.54) is 23.1 Å². The zero-order valence-corrected chi connectivity index (χ0v) is 19.1. The van der Waals surface area contributed by atoms with Crippen molar-refractivity contribution in [1.82, 2.24) is 25.2 Å². The predicted octanol–water partition coefficient (Wildman–Crippen LogP) is 4.52. The third kappa shape index (κ3) is 5.18. The van der Waals surface area contributed by atoms with Gasteiger partial charge in [0.05, 0.1) is 17.8 Å². The summed E-state index contributed by atoms with van der Waals surface area (Å²) < 4.78 is 1.78. The van der Waals surface area contributed by atoms with Crippen LogP contribution in [0.5, 0.6) is 0 Å². The summed E-state index contributed by atoms with van der Waals surface area (Å²) in [4.78, 5) is 16.9. The first-order chi connectivity index (χ1) is 15.0. The van der Waals surface area contributed by atoms with Gasteiger partial charge in [0.15, 0.2) is 0 Å². The highest BCUT2D eigenvalue weighted by atomic mass is 32.2. The van der Waals surface area contributed by atoms with Crippen LogP contribution in [-0.2, 0) is 17.0 Å². The Morgan fingerprint density at radius 1 is 1.10 bits per heavy atom. The molecule has 2 heterocycles. The highest BCUT2D eigenvalue weighted by Crippen LogP contribution is 2.26. The number of carbonyl (C=O) groups is 1. The molecular weight excluding hydrogens is 428 g/mol. The van der Waals surface area contributed by atoms with Crippen molar-refractivity contribution in [3.05, 3.63) is 75.2 Å². The standard InChI is InChI=1S/C22H22N6OS2/c1-14-7-9-17(10-8-14)23-19(29)11-20-24-18(12-30-20)13-31-22-25-26-27-28(22)21-15(2)5-4-6-16(21)3/h4-10,12H,11,13H2,1-3H3,(H,23,29). The fourth-order valence-electron chi connectivity index (χ4n) is 3.16. The van der Waals surface area contributed by atoms with Crippen molar-refractivity contribution in [1.29, 1.82) is 0 Å². The van der Waals surface area contributed by atoms with Gasteiger partial charge in [-0.25, -0.2) is 4.98 Å². The number of nitrogens with one attached hydrogen (secondary N) is 1. The average Bonchev–Trinajstić information content (AvgIpc) is 3.37. The van der Waals surface area contributed by atoms with Gasteiger partial charge in [-0.3, -0.25) is 4.79 Å². The maximum Gasteiger partial charge on any atom is 0.231 e. The summed E-state index contributed by atoms with van der Waals surface area (Å²) in [5.41, 5.74) is 6.09. The van der Waals surface area contributed by atoms with E-state index >= 15 is 0 Å². The van der Waals surface area contributed by atoms with Gasteiger partial charge < -0.3 is 5.32 Å². The van der Waals surface area contributed by atoms with Crippen LogP contribution < -0.4 is 5.32 Å². The minimum Gasteiger partial charge on any atom is -0.326 e. The topological polar surface area (TPSA) is 85.6 Å². The molecule has 158 valence electrons. The van der Waals surface area contributed by atoms with E-state index in [2.05, 4.69) is 25.8 Å². The normalized spacial score (nSPS) is 10.9. The van der Waals surface area contributed by atoms with Crippen LogP contribution in [0.25, 0.3) is 5.69 Å². The molecule has 9 heteroatoms. The van der Waals surface area contributed by atoms with Crippen molar-refractivity contribution in [2.75, 3.05) is 5.32 Å². The molecule has 7 nitrogen and oxygen atoms in total. The summed E-state index contributed by atoms with van der Waals surface area (Å²) >= 11 is 3.02. The maximum absolute atomic E-state index is 12.3. The molecule has 4 rings (SSSR count). The second-order valence-electron chi connectivity index (χ2n) is 7.23. The second-order valence-corrected chi connectivity index (χ2v) is 9.11. The lowest BCUT2D eigenvalue weighted by atomic mass is 10.1. The molecule has 0 saturated carbocycles. The number of aromatic nitrogens is 5. The van der Waals surface area contributed by atoms with Crippen molar-refractivity contribution < 1.29 is 4.79 Å². The molecule has 31 heavy (non-hydrogen) atoms. The number of hydrogen-bond donors (Lipinski definition) is 1. The Kier molecular flexibility index (Phi) is 6.43. The second kappa shape index (κ2) is 9.40. The van der Waals surface area contributed by atoms with E-state index in [0.717, 1.165) is 38.8 Å². The molecule has 1 N–H and O–H groups in total. The Hall–Kier alpha value is -3.04. The molecule has 0 atom stereocenters. The number of benzene rings is 2. The fourth-order valence-corrected chi connectivity index (χ4v) is 4.83. The van der Waals surface area contributed by atoms with Crippen LogP contribution in [0.15, 0.2) is 53.0 Å². The van der Waals surface area contributed by atoms with Gasteiger partial charge >= 0.3 is 0 Å². The quantitative estimate of drug-likeness (QED) is 0.417. The number of rotatable bonds is 7. The molecule has 2 aromatic heterocycles. The molecule has 0 bridgehead atoms. The van der Waals surface area contributed by atoms with Gasteiger partial charge in [-0.05, 0) is 54.5 Å². The van der Waals surface area contributed by atoms with E-state index < -0.39 is 0 Å². The van der Waals surface area contributed by atoms with E-state index in [0.29, 0.717) is 10.9 Å². The smallest absolute Gasteiger partial charge is 0.231 e. The van der Waals surface area contributed by atoms with E-state index in [4.69, 9.17) is 0 Å². The largest absolute Gasteiger partial charge is 0.326 e. The molecule has 0 aliphatic carbocycles. The number of amides is 1. The molecule has 0 fully saturated rings. The first-order valence-electron chi connectivity index (χ1n) is 9.77. The molecule has 0 unspecified atom stereocenters. The fraction of sp³-hybridized carbons (Fsp3) is 0.227. The zero-order chi connectivity index (χ0) is 21.8. The SMILES string of the molecule is Cc1ccc(NC(=O)Cc2nc(CSc3nnnn3-c3c(C)cccc3C)cs2)cc1. The van der Waals surface area contributed by atoms with E-state index in [-0.39, 0.29) is 12.3 Å². The van der Waals surface area contributed by atoms with Gasteiger partial charge in [-0.1, -0.05) is 47.7 Å². The van der Waals surface area contributed by atoms with Gasteiger partial charge in [0.25, 0.3) is 0 Å². The predicted molar refractivity (Wildman–Crippen MR) is 124 cm³/mol. The number of thioether (sulfide) groups is 1. The minimum atomic E-state index is -0.0728. The number of carbonyl (C=O) groups excluding carboxylic acids is 1. The van der Waals surface area contributed by atoms with Crippen LogP contribution in [0.3, 0.4) is 0 Å². The summed E-state index contributed by atoms with van der Waals surface area (Å²) in [7, 11) is 0. The van der Waals surface area contributed by atoms with Crippen LogP contribution in [-0.4, -0.2) is 31.1 Å². The van der Waals surface area contributed by atoms with Gasteiger partial charge in [-0.15, -0.1) is 16.4 Å². The van der Waals surface area contributed by atoms with Crippen molar-refractivity contribution in [3.8, 4) is 5.69 Å². The molecule has 2 aromatic carbocycles. The van der Waals surface area contributed by atoms with Gasteiger partial charge in [-0.2, -0.15) is 4.68 Å². The molecule has 0 aliphatic rings. The van der Waals surface area contributed by atoms with Crippen molar-refractivity contribution in [2.24, 2.45) is 0 Å². The number of nitrogens with zero attached hydrogens (tertiary/aromatic N) is 5. The summed E-state index contributed by atoms with van der Waals surface area (Å²) in [5, 5.41) is 18.6. The number of para-hydroxylation sites is 1. The third-order valence-electron chi connectivity index (χ3n) is 4.69. The lowest BCUT2D eigenvalue weighted by Gasteiger charge is -2.10. The Morgan fingerprint density at radius 2 is 1.84 bits per heavy atom. The van der Waals surface area contributed by atoms with Crippen LogP contribution >= 0.6 is 23.1 Å². The van der Waals surface area contributed by atoms with E-state index in [9.17, 15) is 4.79 Å². The van der Waals surface area contributed by atoms with E-state index in [1.54, 1.807) is 4.68 Å². The van der Waals surface area contributed by atoms with Crippen LogP contribution in [0.2, 0.25) is 0 Å². The zero-order valence-electron chi connectivity index (χ0n) is 17.5. The summed E-state index contributed by atoms with van der Waals surface area (Å²) in [6.45, 7) is 6.11. The Labute approximate surface area is 188 Å². The summed E-state index contributed by atoms with van der Waals surface area (Å²) in [5.74, 6) is 0.554. The van der Waals surface area contributed by atoms with Crippen molar-refractivity contribution >= 4 is 34.7 Å². The first-order valence-corrected chi connectivity index (χ1v) is 11.6. The summed E-state index contributed by atoms with van der Waals surface area (Å²) in [6.07, 6.45) is 0.253. The molecule has 4 aromatic rings. The number of hydrogen-bond acceptors (Lipinski definition) is 7.